The first kappa shape index (κ1) is 21.9. The fraction of sp³-hybridized carbons (Fsp3) is 0.130. The van der Waals surface area contributed by atoms with Crippen LogP contribution >= 0.6 is 0 Å². The molecule has 8 heteroatoms. The molecule has 0 spiro atoms. The van der Waals surface area contributed by atoms with Crippen molar-refractivity contribution in [1.82, 2.24) is 0 Å². The number of ether oxygens (including phenoxy) is 1. The molecule has 0 fully saturated rings. The van der Waals surface area contributed by atoms with E-state index < -0.39 is 16.0 Å². The molecule has 0 aliphatic heterocycles. The van der Waals surface area contributed by atoms with Gasteiger partial charge in [0.2, 0.25) is 0 Å². The quantitative estimate of drug-likeness (QED) is 0.579. The highest BCUT2D eigenvalue weighted by Gasteiger charge is 2.23. The summed E-state index contributed by atoms with van der Waals surface area (Å²) in [6, 6.07) is 18.1. The third-order valence-corrected chi connectivity index (χ3v) is 6.26. The van der Waals surface area contributed by atoms with Crippen LogP contribution in [0.1, 0.15) is 32.6 Å². The number of nitriles is 1. The maximum atomic E-state index is 12.9. The molecule has 0 saturated carbocycles. The van der Waals surface area contributed by atoms with Crippen molar-refractivity contribution in [3.63, 3.8) is 0 Å². The van der Waals surface area contributed by atoms with E-state index in [1.807, 2.05) is 36.4 Å². The number of benzene rings is 3. The summed E-state index contributed by atoms with van der Waals surface area (Å²) in [4.78, 5) is 11.8. The van der Waals surface area contributed by atoms with Crippen LogP contribution in [-0.2, 0) is 16.4 Å². The molecule has 3 rings (SSSR count). The fourth-order valence-electron chi connectivity index (χ4n) is 3.24. The van der Waals surface area contributed by atoms with E-state index in [1.165, 1.54) is 37.4 Å². The Bertz CT molecular complexity index is 1260. The van der Waals surface area contributed by atoms with Gasteiger partial charge in [-0.05, 0) is 60.4 Å². The molecule has 0 bridgehead atoms. The van der Waals surface area contributed by atoms with Crippen molar-refractivity contribution in [3.8, 4) is 11.8 Å². The van der Waals surface area contributed by atoms with Gasteiger partial charge < -0.3 is 9.84 Å². The van der Waals surface area contributed by atoms with Gasteiger partial charge in [0, 0.05) is 0 Å². The van der Waals surface area contributed by atoms with Gasteiger partial charge in [-0.2, -0.15) is 5.26 Å². The average molecular weight is 436 g/mol. The monoisotopic (exact) mass is 436 g/mol. The Balaban J connectivity index is 2.11. The van der Waals surface area contributed by atoms with Crippen molar-refractivity contribution in [2.75, 3.05) is 11.8 Å². The molecule has 0 amide bonds. The van der Waals surface area contributed by atoms with Gasteiger partial charge >= 0.3 is 5.97 Å². The van der Waals surface area contributed by atoms with Crippen LogP contribution in [0.2, 0.25) is 0 Å². The maximum Gasteiger partial charge on any atom is 0.336 e. The largest absolute Gasteiger partial charge is 0.497 e. The van der Waals surface area contributed by atoms with E-state index in [0.717, 1.165) is 5.56 Å². The Morgan fingerprint density at radius 2 is 1.77 bits per heavy atom. The zero-order chi connectivity index (χ0) is 22.6. The van der Waals surface area contributed by atoms with Gasteiger partial charge in [-0.3, -0.25) is 4.72 Å². The molecule has 3 aromatic rings. The second kappa shape index (κ2) is 8.90. The molecule has 0 radical (unpaired) electrons. The second-order valence-corrected chi connectivity index (χ2v) is 8.49. The molecular formula is C23H20N2O5S. The number of nitrogens with zero attached hydrogens (tertiary/aromatic N) is 1. The van der Waals surface area contributed by atoms with Crippen LogP contribution in [0, 0.1) is 18.3 Å². The molecule has 2 N–H and O–H groups in total. The smallest absolute Gasteiger partial charge is 0.336 e. The SMILES string of the molecule is COc1ccc(S(=O)(=O)Nc2c(C#N)cc(C(=O)O)c(Cc3ccccc3)c2C)cc1. The summed E-state index contributed by atoms with van der Waals surface area (Å²) < 4.78 is 33.4. The Hall–Kier alpha value is -3.83. The van der Waals surface area contributed by atoms with Gasteiger partial charge in [-0.1, -0.05) is 30.3 Å². The highest BCUT2D eigenvalue weighted by atomic mass is 32.2. The minimum atomic E-state index is -4.02. The molecule has 3 aromatic carbocycles. The highest BCUT2D eigenvalue weighted by Crippen LogP contribution is 2.31. The first-order valence-electron chi connectivity index (χ1n) is 9.27. The minimum absolute atomic E-state index is 0.0106. The van der Waals surface area contributed by atoms with Gasteiger partial charge in [-0.25, -0.2) is 13.2 Å². The molecule has 31 heavy (non-hydrogen) atoms. The van der Waals surface area contributed by atoms with Crippen LogP contribution in [0.25, 0.3) is 0 Å². The molecule has 0 atom stereocenters. The number of methoxy groups -OCH3 is 1. The van der Waals surface area contributed by atoms with Crippen LogP contribution in [0.5, 0.6) is 5.75 Å². The van der Waals surface area contributed by atoms with Crippen molar-refractivity contribution in [1.29, 1.82) is 5.26 Å². The minimum Gasteiger partial charge on any atom is -0.497 e. The lowest BCUT2D eigenvalue weighted by molar-refractivity contribution is 0.0695. The number of carboxylic acids is 1. The average Bonchev–Trinajstić information content (AvgIpc) is 2.77. The number of aromatic carboxylic acids is 1. The Morgan fingerprint density at radius 3 is 2.32 bits per heavy atom. The number of sulfonamides is 1. The molecule has 7 nitrogen and oxygen atoms in total. The molecule has 0 aromatic heterocycles. The summed E-state index contributed by atoms with van der Waals surface area (Å²) in [6.45, 7) is 1.61. The number of nitrogens with one attached hydrogen (secondary N) is 1. The maximum absolute atomic E-state index is 12.9. The Labute approximate surface area is 180 Å². The van der Waals surface area contributed by atoms with E-state index >= 15 is 0 Å². The standard InChI is InChI=1S/C23H20N2O5S/c1-15-20(12-16-6-4-3-5-7-16)21(23(26)27)13-17(14-24)22(15)25-31(28,29)19-10-8-18(30-2)9-11-19/h3-11,13,25H,12H2,1-2H3,(H,26,27). The molecule has 0 aliphatic rings. The summed E-state index contributed by atoms with van der Waals surface area (Å²) in [5.41, 5.74) is 1.65. The number of hydrogen-bond donors (Lipinski definition) is 2. The van der Waals surface area contributed by atoms with Crippen LogP contribution < -0.4 is 9.46 Å². The van der Waals surface area contributed by atoms with Crippen LogP contribution in [0.15, 0.2) is 65.6 Å². The molecule has 0 aliphatic carbocycles. The first-order valence-corrected chi connectivity index (χ1v) is 10.8. The van der Waals surface area contributed by atoms with E-state index in [1.54, 1.807) is 6.92 Å². The lowest BCUT2D eigenvalue weighted by atomic mass is 9.92. The summed E-state index contributed by atoms with van der Waals surface area (Å²) in [7, 11) is -2.55. The molecular weight excluding hydrogens is 416 g/mol. The fourth-order valence-corrected chi connectivity index (χ4v) is 4.39. The molecule has 0 heterocycles. The normalized spacial score (nSPS) is 10.9. The van der Waals surface area contributed by atoms with Crippen LogP contribution in [0.3, 0.4) is 0 Å². The summed E-state index contributed by atoms with van der Waals surface area (Å²) in [5, 5.41) is 19.3. The predicted molar refractivity (Wildman–Crippen MR) is 116 cm³/mol. The van der Waals surface area contributed by atoms with Crippen molar-refractivity contribution >= 4 is 21.7 Å². The third kappa shape index (κ3) is 4.68. The van der Waals surface area contributed by atoms with E-state index in [0.29, 0.717) is 16.9 Å². The topological polar surface area (TPSA) is 116 Å². The van der Waals surface area contributed by atoms with E-state index in [4.69, 9.17) is 4.74 Å². The Morgan fingerprint density at radius 1 is 1.13 bits per heavy atom. The van der Waals surface area contributed by atoms with Crippen molar-refractivity contribution in [2.24, 2.45) is 0 Å². The summed E-state index contributed by atoms with van der Waals surface area (Å²) in [5.74, 6) is -0.682. The van der Waals surface area contributed by atoms with E-state index in [-0.39, 0.29) is 28.1 Å². The van der Waals surface area contributed by atoms with Crippen molar-refractivity contribution in [2.45, 2.75) is 18.2 Å². The molecule has 158 valence electrons. The van der Waals surface area contributed by atoms with E-state index in [9.17, 15) is 23.6 Å². The summed E-state index contributed by atoms with van der Waals surface area (Å²) in [6.07, 6.45) is 0.275. The number of anilines is 1. The first-order chi connectivity index (χ1) is 14.8. The summed E-state index contributed by atoms with van der Waals surface area (Å²) >= 11 is 0. The molecule has 0 saturated heterocycles. The van der Waals surface area contributed by atoms with Gasteiger partial charge in [0.15, 0.2) is 0 Å². The number of rotatable bonds is 7. The lowest BCUT2D eigenvalue weighted by Crippen LogP contribution is -2.17. The van der Waals surface area contributed by atoms with Gasteiger partial charge in [0.1, 0.15) is 11.8 Å². The zero-order valence-corrected chi connectivity index (χ0v) is 17.7. The highest BCUT2D eigenvalue weighted by molar-refractivity contribution is 7.92. The second-order valence-electron chi connectivity index (χ2n) is 6.81. The van der Waals surface area contributed by atoms with E-state index in [2.05, 4.69) is 4.72 Å². The van der Waals surface area contributed by atoms with Crippen LogP contribution in [-0.4, -0.2) is 26.6 Å². The van der Waals surface area contributed by atoms with Crippen molar-refractivity contribution in [3.05, 3.63) is 88.5 Å². The van der Waals surface area contributed by atoms with Gasteiger partial charge in [-0.15, -0.1) is 0 Å². The van der Waals surface area contributed by atoms with Crippen LogP contribution in [0.4, 0.5) is 5.69 Å². The third-order valence-electron chi connectivity index (χ3n) is 4.89. The number of hydrogen-bond acceptors (Lipinski definition) is 5. The lowest BCUT2D eigenvalue weighted by Gasteiger charge is -2.18. The van der Waals surface area contributed by atoms with Crippen molar-refractivity contribution < 1.29 is 23.1 Å². The van der Waals surface area contributed by atoms with Gasteiger partial charge in [0.25, 0.3) is 10.0 Å². The predicted octanol–water partition coefficient (Wildman–Crippen LogP) is 3.97. The number of carboxylic acid groups (broad SMARTS) is 1. The van der Waals surface area contributed by atoms with Gasteiger partial charge in [0.05, 0.1) is 28.8 Å². The zero-order valence-electron chi connectivity index (χ0n) is 16.9. The molecule has 0 unspecified atom stereocenters. The Kier molecular flexibility index (Phi) is 6.28. The number of carbonyl (C=O) groups is 1.